The second kappa shape index (κ2) is 13.3. The maximum atomic E-state index is 12.9. The van der Waals surface area contributed by atoms with E-state index in [1.165, 1.54) is 37.0 Å². The van der Waals surface area contributed by atoms with E-state index in [-0.39, 0.29) is 4.90 Å². The van der Waals surface area contributed by atoms with Crippen molar-refractivity contribution in [3.8, 4) is 17.2 Å². The van der Waals surface area contributed by atoms with Crippen molar-refractivity contribution in [3.63, 3.8) is 0 Å². The molecule has 0 spiro atoms. The normalized spacial score (nSPS) is 22.6. The van der Waals surface area contributed by atoms with Crippen molar-refractivity contribution >= 4 is 10.0 Å². The van der Waals surface area contributed by atoms with Gasteiger partial charge in [0.2, 0.25) is 10.0 Å². The molecule has 0 aromatic heterocycles. The zero-order valence-corrected chi connectivity index (χ0v) is 24.8. The van der Waals surface area contributed by atoms with E-state index in [2.05, 4.69) is 46.4 Å². The fourth-order valence-corrected chi connectivity index (χ4v) is 7.65. The minimum atomic E-state index is -3.63. The van der Waals surface area contributed by atoms with Crippen LogP contribution in [-0.4, -0.2) is 46.9 Å². The Balaban J connectivity index is 1.14. The largest absolute Gasteiger partial charge is 0.508 e. The lowest BCUT2D eigenvalue weighted by atomic mass is 9.75. The first-order chi connectivity index (χ1) is 19.9. The number of phenols is 1. The number of aryl methyl sites for hydroxylation is 1. The molecule has 3 N–H and O–H groups in total. The van der Waals surface area contributed by atoms with Gasteiger partial charge in [-0.25, -0.2) is 13.1 Å². The highest BCUT2D eigenvalue weighted by molar-refractivity contribution is 7.89. The van der Waals surface area contributed by atoms with Gasteiger partial charge < -0.3 is 19.9 Å². The number of hydrogen-bond acceptors (Lipinski definition) is 6. The van der Waals surface area contributed by atoms with E-state index in [0.29, 0.717) is 47.6 Å². The molecule has 2 aliphatic carbocycles. The number of hydrogen-bond donors (Lipinski definition) is 3. The van der Waals surface area contributed by atoms with Crippen LogP contribution < -0.4 is 19.5 Å². The van der Waals surface area contributed by atoms with Gasteiger partial charge >= 0.3 is 0 Å². The lowest BCUT2D eigenvalue weighted by Gasteiger charge is -2.37. The second-order valence-electron chi connectivity index (χ2n) is 11.5. The average molecular weight is 579 g/mol. The van der Waals surface area contributed by atoms with Crippen LogP contribution in [0.5, 0.6) is 17.2 Å². The Labute approximate surface area is 244 Å². The van der Waals surface area contributed by atoms with Crippen LogP contribution in [0.4, 0.5) is 0 Å². The molecule has 3 aromatic rings. The number of fused-ring (bicyclic) bond motifs is 1. The van der Waals surface area contributed by atoms with Crippen molar-refractivity contribution in [3.05, 3.63) is 83.4 Å². The molecule has 1 fully saturated rings. The molecule has 0 aliphatic heterocycles. The number of benzene rings is 3. The Morgan fingerprint density at radius 3 is 2.24 bits per heavy atom. The van der Waals surface area contributed by atoms with Crippen LogP contribution in [0.3, 0.4) is 0 Å². The SMILES string of the molecule is COc1ccc(S(=O)(=O)NCC2CCC(CNC3CCc4cc(O)ccc4C3Cc3ccccc3)CC2)cc1OC. The number of nitrogens with one attached hydrogen (secondary N) is 2. The molecule has 2 aliphatic rings. The smallest absolute Gasteiger partial charge is 0.240 e. The highest BCUT2D eigenvalue weighted by atomic mass is 32.2. The summed E-state index contributed by atoms with van der Waals surface area (Å²) < 4.78 is 39.2. The van der Waals surface area contributed by atoms with E-state index < -0.39 is 10.0 Å². The zero-order valence-electron chi connectivity index (χ0n) is 24.0. The molecule has 8 heteroatoms. The molecule has 0 amide bonds. The molecule has 0 radical (unpaired) electrons. The third-order valence-corrected chi connectivity index (χ3v) is 10.3. The van der Waals surface area contributed by atoms with Crippen molar-refractivity contribution in [1.82, 2.24) is 10.0 Å². The maximum Gasteiger partial charge on any atom is 0.240 e. The molecular weight excluding hydrogens is 536 g/mol. The fourth-order valence-electron chi connectivity index (χ4n) is 6.52. The summed E-state index contributed by atoms with van der Waals surface area (Å²) in [6.07, 6.45) is 7.22. The van der Waals surface area contributed by atoms with E-state index in [4.69, 9.17) is 9.47 Å². The fraction of sp³-hybridized carbons (Fsp3) is 0.455. The van der Waals surface area contributed by atoms with Crippen LogP contribution in [0.1, 0.15) is 54.7 Å². The Hall–Kier alpha value is -3.07. The highest BCUT2D eigenvalue weighted by Gasteiger charge is 2.31. The van der Waals surface area contributed by atoms with E-state index >= 15 is 0 Å². The van der Waals surface area contributed by atoms with Crippen LogP contribution in [0.25, 0.3) is 0 Å². The predicted octanol–water partition coefficient (Wildman–Crippen LogP) is 5.43. The lowest BCUT2D eigenvalue weighted by molar-refractivity contribution is 0.252. The number of methoxy groups -OCH3 is 2. The van der Waals surface area contributed by atoms with Gasteiger partial charge in [0.05, 0.1) is 19.1 Å². The van der Waals surface area contributed by atoms with Crippen molar-refractivity contribution < 1.29 is 23.0 Å². The Kier molecular flexibility index (Phi) is 9.53. The van der Waals surface area contributed by atoms with E-state index in [0.717, 1.165) is 51.5 Å². The van der Waals surface area contributed by atoms with Gasteiger partial charge in [-0.15, -0.1) is 0 Å². The zero-order chi connectivity index (χ0) is 28.8. The first-order valence-electron chi connectivity index (χ1n) is 14.7. The summed E-state index contributed by atoms with van der Waals surface area (Å²) in [5.74, 6) is 2.53. The van der Waals surface area contributed by atoms with Gasteiger partial charge in [0.25, 0.3) is 0 Å². The standard InChI is InChI=1S/C33H42N2O5S/c1-39-32-17-14-28(20-33(32)40-2)41(37,38)35-22-25-10-8-24(9-11-25)21-34-31-16-12-26-19-27(36)13-15-29(26)30(31)18-23-6-4-3-5-7-23/h3-7,13-15,17,19-20,24-25,30-31,34-36H,8-12,16,18,21-22H2,1-2H3. The van der Waals surface area contributed by atoms with E-state index in [9.17, 15) is 13.5 Å². The third kappa shape index (κ3) is 7.23. The van der Waals surface area contributed by atoms with Crippen LogP contribution in [0.15, 0.2) is 71.6 Å². The summed E-state index contributed by atoms with van der Waals surface area (Å²) in [4.78, 5) is 0.183. The Morgan fingerprint density at radius 2 is 1.54 bits per heavy atom. The van der Waals surface area contributed by atoms with Crippen molar-refractivity contribution in [2.45, 2.75) is 61.8 Å². The maximum absolute atomic E-state index is 12.9. The second-order valence-corrected chi connectivity index (χ2v) is 13.3. The molecule has 0 saturated heterocycles. The van der Waals surface area contributed by atoms with Crippen LogP contribution in [0.2, 0.25) is 0 Å². The summed E-state index contributed by atoms with van der Waals surface area (Å²) in [5, 5.41) is 14.0. The quantitative estimate of drug-likeness (QED) is 0.281. The number of ether oxygens (including phenoxy) is 2. The van der Waals surface area contributed by atoms with Gasteiger partial charge in [-0.3, -0.25) is 0 Å². The molecule has 1 saturated carbocycles. The van der Waals surface area contributed by atoms with Gasteiger partial charge in [0.15, 0.2) is 11.5 Å². The minimum absolute atomic E-state index is 0.183. The van der Waals surface area contributed by atoms with E-state index in [1.54, 1.807) is 12.1 Å². The molecule has 0 heterocycles. The van der Waals surface area contributed by atoms with Crippen LogP contribution in [0, 0.1) is 11.8 Å². The van der Waals surface area contributed by atoms with Crippen LogP contribution >= 0.6 is 0 Å². The van der Waals surface area contributed by atoms with Crippen LogP contribution in [-0.2, 0) is 22.9 Å². The molecule has 5 rings (SSSR count). The molecule has 2 atom stereocenters. The summed E-state index contributed by atoms with van der Waals surface area (Å²) in [6.45, 7) is 1.43. The number of rotatable bonds is 11. The monoisotopic (exact) mass is 578 g/mol. The van der Waals surface area contributed by atoms with Crippen molar-refractivity contribution in [2.75, 3.05) is 27.3 Å². The lowest BCUT2D eigenvalue weighted by Crippen LogP contribution is -2.42. The predicted molar refractivity (Wildman–Crippen MR) is 161 cm³/mol. The van der Waals surface area contributed by atoms with Gasteiger partial charge in [-0.2, -0.15) is 0 Å². The van der Waals surface area contributed by atoms with Gasteiger partial charge in [0.1, 0.15) is 5.75 Å². The molecule has 220 valence electrons. The Morgan fingerprint density at radius 1 is 0.829 bits per heavy atom. The number of aromatic hydroxyl groups is 1. The minimum Gasteiger partial charge on any atom is -0.508 e. The van der Waals surface area contributed by atoms with Gasteiger partial charge in [0, 0.05) is 24.6 Å². The molecule has 0 bridgehead atoms. The van der Waals surface area contributed by atoms with Crippen molar-refractivity contribution in [1.29, 1.82) is 0 Å². The first kappa shape index (κ1) is 29.4. The topological polar surface area (TPSA) is 96.9 Å². The average Bonchev–Trinajstić information content (AvgIpc) is 3.00. The molecule has 3 aromatic carbocycles. The summed E-state index contributed by atoms with van der Waals surface area (Å²) >= 11 is 0. The number of phenolic OH excluding ortho intramolecular Hbond substituents is 1. The van der Waals surface area contributed by atoms with E-state index in [1.807, 2.05) is 12.1 Å². The molecular formula is C33H42N2O5S. The van der Waals surface area contributed by atoms with Crippen molar-refractivity contribution in [2.24, 2.45) is 11.8 Å². The molecule has 41 heavy (non-hydrogen) atoms. The summed E-state index contributed by atoms with van der Waals surface area (Å²) in [6, 6.07) is 21.6. The third-order valence-electron chi connectivity index (χ3n) is 8.90. The van der Waals surface area contributed by atoms with Gasteiger partial charge in [-0.05, 0) is 104 Å². The number of sulfonamides is 1. The molecule has 7 nitrogen and oxygen atoms in total. The first-order valence-corrected chi connectivity index (χ1v) is 16.2. The van der Waals surface area contributed by atoms with Gasteiger partial charge in [-0.1, -0.05) is 36.4 Å². The summed E-state index contributed by atoms with van der Waals surface area (Å²) in [7, 11) is -0.603. The molecule has 2 unspecified atom stereocenters. The Bertz CT molecular complexity index is 1400. The highest BCUT2D eigenvalue weighted by Crippen LogP contribution is 2.37. The summed E-state index contributed by atoms with van der Waals surface area (Å²) in [5.41, 5.74) is 3.95.